The number of rotatable bonds is 5. The molecule has 10 heteroatoms. The third-order valence-corrected chi connectivity index (χ3v) is 5.05. The first-order chi connectivity index (χ1) is 13.1. The molecule has 3 N–H and O–H groups in total. The van der Waals surface area contributed by atoms with Crippen molar-refractivity contribution in [1.29, 1.82) is 0 Å². The van der Waals surface area contributed by atoms with E-state index in [9.17, 15) is 18.0 Å². The topological polar surface area (TPSA) is 97.3 Å². The largest absolute Gasteiger partial charge is 0.469 e. The number of hydrogen-bond donors (Lipinski definition) is 2. The monoisotopic (exact) mass is 397 g/mol. The SMILES string of the molecule is Cc1nc(C(N)=O)nc(N2CC[C@@H](NCc3c(C(F)(F)F)coc3C)C2)c1C. The van der Waals surface area contributed by atoms with Gasteiger partial charge in [0.15, 0.2) is 0 Å². The normalized spacial score (nSPS) is 17.4. The lowest BCUT2D eigenvalue weighted by atomic mass is 10.1. The molecule has 1 amide bonds. The summed E-state index contributed by atoms with van der Waals surface area (Å²) < 4.78 is 44.2. The highest BCUT2D eigenvalue weighted by Crippen LogP contribution is 2.34. The van der Waals surface area contributed by atoms with Crippen molar-refractivity contribution < 1.29 is 22.4 Å². The van der Waals surface area contributed by atoms with Gasteiger partial charge in [-0.25, -0.2) is 9.97 Å². The zero-order chi connectivity index (χ0) is 20.6. The number of nitrogens with two attached hydrogens (primary N) is 1. The van der Waals surface area contributed by atoms with Crippen LogP contribution < -0.4 is 16.0 Å². The Bertz CT molecular complexity index is 894. The molecule has 0 unspecified atom stereocenters. The molecule has 3 rings (SSSR count). The molecule has 0 aliphatic carbocycles. The molecule has 28 heavy (non-hydrogen) atoms. The summed E-state index contributed by atoms with van der Waals surface area (Å²) in [5, 5.41) is 3.17. The van der Waals surface area contributed by atoms with E-state index in [-0.39, 0.29) is 29.7 Å². The number of nitrogens with zero attached hydrogens (tertiary/aromatic N) is 3. The van der Waals surface area contributed by atoms with Crippen LogP contribution in [0, 0.1) is 20.8 Å². The summed E-state index contributed by atoms with van der Waals surface area (Å²) in [6.07, 6.45) is -2.96. The summed E-state index contributed by atoms with van der Waals surface area (Å²) in [7, 11) is 0. The third-order valence-electron chi connectivity index (χ3n) is 5.05. The quantitative estimate of drug-likeness (QED) is 0.805. The average molecular weight is 397 g/mol. The smallest absolute Gasteiger partial charge is 0.419 e. The Kier molecular flexibility index (Phi) is 5.33. The molecule has 152 valence electrons. The highest BCUT2D eigenvalue weighted by Gasteiger charge is 2.36. The van der Waals surface area contributed by atoms with E-state index in [1.807, 2.05) is 11.8 Å². The molecule has 0 bridgehead atoms. The highest BCUT2D eigenvalue weighted by atomic mass is 19.4. The standard InChI is InChI=1S/C18H22F3N5O2/c1-9-10(2)24-16(15(22)27)25-17(9)26-5-4-12(7-26)23-6-13-11(3)28-8-14(13)18(19,20)21/h8,12,23H,4-7H2,1-3H3,(H2,22,27)/t12-/m1/s1. The maximum absolute atomic E-state index is 13.1. The second-order valence-electron chi connectivity index (χ2n) is 6.94. The van der Waals surface area contributed by atoms with E-state index in [0.29, 0.717) is 24.6 Å². The molecular weight excluding hydrogens is 375 g/mol. The predicted octanol–water partition coefficient (Wildman–Crippen LogP) is 2.48. The first-order valence-corrected chi connectivity index (χ1v) is 8.85. The van der Waals surface area contributed by atoms with Gasteiger partial charge in [-0.15, -0.1) is 0 Å². The Morgan fingerprint density at radius 2 is 2.07 bits per heavy atom. The van der Waals surface area contributed by atoms with Gasteiger partial charge in [-0.2, -0.15) is 13.2 Å². The zero-order valence-corrected chi connectivity index (χ0v) is 15.9. The number of aromatic nitrogens is 2. The Morgan fingerprint density at radius 3 is 2.71 bits per heavy atom. The van der Waals surface area contributed by atoms with Crippen LogP contribution in [0.3, 0.4) is 0 Å². The van der Waals surface area contributed by atoms with Crippen molar-refractivity contribution in [1.82, 2.24) is 15.3 Å². The lowest BCUT2D eigenvalue weighted by Crippen LogP contribution is -2.33. The van der Waals surface area contributed by atoms with Crippen LogP contribution in [0.4, 0.5) is 19.0 Å². The zero-order valence-electron chi connectivity index (χ0n) is 15.9. The van der Waals surface area contributed by atoms with Gasteiger partial charge < -0.3 is 20.4 Å². The maximum Gasteiger partial charge on any atom is 0.419 e. The molecule has 1 aliphatic heterocycles. The lowest BCUT2D eigenvalue weighted by molar-refractivity contribution is -0.138. The third kappa shape index (κ3) is 3.96. The van der Waals surface area contributed by atoms with E-state index in [1.54, 1.807) is 6.92 Å². The summed E-state index contributed by atoms with van der Waals surface area (Å²) in [6, 6.07) is -0.0258. The minimum absolute atomic E-state index is 0.0258. The molecule has 1 atom stereocenters. The van der Waals surface area contributed by atoms with Gasteiger partial charge in [0.1, 0.15) is 17.8 Å². The van der Waals surface area contributed by atoms with Crippen LogP contribution in [-0.2, 0) is 12.7 Å². The number of amides is 1. The number of primary amides is 1. The predicted molar refractivity (Wildman–Crippen MR) is 95.9 cm³/mol. The molecule has 2 aromatic rings. The van der Waals surface area contributed by atoms with Gasteiger partial charge in [-0.3, -0.25) is 4.79 Å². The summed E-state index contributed by atoms with van der Waals surface area (Å²) in [5.74, 6) is 0.135. The second-order valence-corrected chi connectivity index (χ2v) is 6.94. The molecule has 3 heterocycles. The van der Waals surface area contributed by atoms with E-state index in [1.165, 1.54) is 6.92 Å². The van der Waals surface area contributed by atoms with Crippen molar-refractivity contribution >= 4 is 11.7 Å². The Labute approximate surface area is 160 Å². The van der Waals surface area contributed by atoms with Crippen LogP contribution in [0.1, 0.15) is 45.2 Å². The molecule has 0 saturated carbocycles. The van der Waals surface area contributed by atoms with E-state index < -0.39 is 17.6 Å². The number of hydrogen-bond acceptors (Lipinski definition) is 6. The number of carbonyl (C=O) groups is 1. The number of carbonyl (C=O) groups excluding carboxylic acids is 1. The van der Waals surface area contributed by atoms with Gasteiger partial charge in [0.05, 0.1) is 5.56 Å². The summed E-state index contributed by atoms with van der Waals surface area (Å²) in [6.45, 7) is 6.42. The molecule has 0 radical (unpaired) electrons. The van der Waals surface area contributed by atoms with Crippen molar-refractivity contribution in [2.75, 3.05) is 18.0 Å². The fourth-order valence-electron chi connectivity index (χ4n) is 3.33. The van der Waals surface area contributed by atoms with Crippen LogP contribution in [0.25, 0.3) is 0 Å². The van der Waals surface area contributed by atoms with Gasteiger partial charge >= 0.3 is 6.18 Å². The summed E-state index contributed by atoms with van der Waals surface area (Å²) in [5.41, 5.74) is 6.18. The van der Waals surface area contributed by atoms with Crippen LogP contribution in [0.15, 0.2) is 10.7 Å². The summed E-state index contributed by atoms with van der Waals surface area (Å²) >= 11 is 0. The van der Waals surface area contributed by atoms with Crippen molar-refractivity contribution in [2.45, 2.75) is 46.0 Å². The molecule has 0 spiro atoms. The number of anilines is 1. The van der Waals surface area contributed by atoms with Gasteiger partial charge in [0.2, 0.25) is 5.82 Å². The van der Waals surface area contributed by atoms with Crippen molar-refractivity contribution in [3.05, 3.63) is 40.2 Å². The van der Waals surface area contributed by atoms with E-state index in [4.69, 9.17) is 10.2 Å². The number of nitrogens with one attached hydrogen (secondary N) is 1. The van der Waals surface area contributed by atoms with Crippen molar-refractivity contribution in [2.24, 2.45) is 5.73 Å². The molecule has 1 saturated heterocycles. The number of furan rings is 1. The van der Waals surface area contributed by atoms with Crippen LogP contribution in [-0.4, -0.2) is 35.0 Å². The first-order valence-electron chi connectivity index (χ1n) is 8.85. The first kappa shape index (κ1) is 20.1. The number of aryl methyl sites for hydroxylation is 2. The average Bonchev–Trinajstić information content (AvgIpc) is 3.21. The van der Waals surface area contributed by atoms with Crippen molar-refractivity contribution in [3.63, 3.8) is 0 Å². The Morgan fingerprint density at radius 1 is 1.36 bits per heavy atom. The number of alkyl halides is 3. The van der Waals surface area contributed by atoms with Crippen LogP contribution >= 0.6 is 0 Å². The molecule has 1 fully saturated rings. The molecule has 1 aliphatic rings. The molecular formula is C18H22F3N5O2. The Hall–Kier alpha value is -2.62. The van der Waals surface area contributed by atoms with Crippen molar-refractivity contribution in [3.8, 4) is 0 Å². The highest BCUT2D eigenvalue weighted by molar-refractivity contribution is 5.89. The van der Waals surface area contributed by atoms with Gasteiger partial charge in [0.25, 0.3) is 5.91 Å². The van der Waals surface area contributed by atoms with Gasteiger partial charge in [-0.05, 0) is 27.2 Å². The summed E-state index contributed by atoms with van der Waals surface area (Å²) in [4.78, 5) is 21.8. The fraction of sp³-hybridized carbons (Fsp3) is 0.500. The van der Waals surface area contributed by atoms with Crippen LogP contribution in [0.5, 0.6) is 0 Å². The Balaban J connectivity index is 1.71. The lowest BCUT2D eigenvalue weighted by Gasteiger charge is -2.21. The minimum Gasteiger partial charge on any atom is -0.469 e. The molecule has 0 aromatic carbocycles. The van der Waals surface area contributed by atoms with E-state index in [0.717, 1.165) is 18.2 Å². The maximum atomic E-state index is 13.1. The minimum atomic E-state index is -4.45. The van der Waals surface area contributed by atoms with Crippen LogP contribution in [0.2, 0.25) is 0 Å². The second kappa shape index (κ2) is 7.42. The fourth-order valence-corrected chi connectivity index (χ4v) is 3.33. The molecule has 2 aromatic heterocycles. The van der Waals surface area contributed by atoms with E-state index >= 15 is 0 Å². The molecule has 7 nitrogen and oxygen atoms in total. The van der Waals surface area contributed by atoms with Gasteiger partial charge in [-0.1, -0.05) is 0 Å². The van der Waals surface area contributed by atoms with Gasteiger partial charge in [0, 0.05) is 42.5 Å². The number of halogens is 3. The van der Waals surface area contributed by atoms with E-state index in [2.05, 4.69) is 15.3 Å².